The highest BCUT2D eigenvalue weighted by Gasteiger charge is 2.19. The number of benzene rings is 1. The van der Waals surface area contributed by atoms with Gasteiger partial charge in [0.25, 0.3) is 0 Å². The van der Waals surface area contributed by atoms with E-state index in [4.69, 9.17) is 17.0 Å². The molecule has 2 aromatic rings. The Labute approximate surface area is 105 Å². The van der Waals surface area contributed by atoms with Crippen LogP contribution in [0.2, 0.25) is 0 Å². The monoisotopic (exact) mass is 248 g/mol. The van der Waals surface area contributed by atoms with Crippen LogP contribution in [0.1, 0.15) is 31.7 Å². The van der Waals surface area contributed by atoms with E-state index in [1.54, 1.807) is 7.11 Å². The Morgan fingerprint density at radius 3 is 2.82 bits per heavy atom. The molecule has 4 heteroatoms. The van der Waals surface area contributed by atoms with E-state index in [0.29, 0.717) is 6.04 Å². The molecule has 0 bridgehead atoms. The van der Waals surface area contributed by atoms with Crippen LogP contribution >= 0.6 is 12.2 Å². The van der Waals surface area contributed by atoms with Gasteiger partial charge in [0, 0.05) is 12.1 Å². The Morgan fingerprint density at radius 2 is 2.12 bits per heavy atom. The minimum atomic E-state index is 0.574. The molecule has 3 rings (SSSR count). The fraction of sp³-hybridized carbons (Fsp3) is 0.462. The van der Waals surface area contributed by atoms with Crippen LogP contribution in [0.4, 0.5) is 0 Å². The van der Waals surface area contributed by atoms with Crippen LogP contribution in [0.5, 0.6) is 5.75 Å². The second-order valence-electron chi connectivity index (χ2n) is 4.62. The van der Waals surface area contributed by atoms with Crippen LogP contribution < -0.4 is 4.74 Å². The second kappa shape index (κ2) is 4.18. The van der Waals surface area contributed by atoms with Gasteiger partial charge in [0.1, 0.15) is 5.75 Å². The molecule has 0 unspecified atom stereocenters. The Balaban J connectivity index is 2.17. The van der Waals surface area contributed by atoms with Crippen molar-refractivity contribution in [2.75, 3.05) is 7.11 Å². The molecule has 0 saturated heterocycles. The van der Waals surface area contributed by atoms with Gasteiger partial charge in [-0.25, -0.2) is 0 Å². The first-order chi connectivity index (χ1) is 8.29. The molecule has 17 heavy (non-hydrogen) atoms. The maximum atomic E-state index is 5.44. The number of nitrogens with zero attached hydrogens (tertiary/aromatic N) is 1. The van der Waals surface area contributed by atoms with Crippen LogP contribution in [0.3, 0.4) is 0 Å². The molecule has 0 atom stereocenters. The Hall–Kier alpha value is -1.29. The Morgan fingerprint density at radius 1 is 1.35 bits per heavy atom. The molecule has 0 amide bonds. The van der Waals surface area contributed by atoms with E-state index in [2.05, 4.69) is 15.6 Å². The molecular formula is C13H16N2OS. The average molecular weight is 248 g/mol. The first-order valence-corrected chi connectivity index (χ1v) is 6.48. The second-order valence-corrected chi connectivity index (χ2v) is 5.01. The predicted octanol–water partition coefficient (Wildman–Crippen LogP) is 3.82. The average Bonchev–Trinajstić information content (AvgIpc) is 2.93. The lowest BCUT2D eigenvalue weighted by atomic mass is 10.2. The van der Waals surface area contributed by atoms with E-state index in [9.17, 15) is 0 Å². The number of nitrogens with one attached hydrogen (secondary N) is 1. The molecule has 0 spiro atoms. The third kappa shape index (κ3) is 1.76. The van der Waals surface area contributed by atoms with Crippen LogP contribution in [-0.4, -0.2) is 16.7 Å². The normalized spacial score (nSPS) is 16.8. The number of methoxy groups -OCH3 is 1. The van der Waals surface area contributed by atoms with Crippen molar-refractivity contribution in [1.29, 1.82) is 0 Å². The molecule has 1 fully saturated rings. The van der Waals surface area contributed by atoms with Crippen molar-refractivity contribution in [2.45, 2.75) is 31.7 Å². The number of hydrogen-bond donors (Lipinski definition) is 1. The van der Waals surface area contributed by atoms with Crippen LogP contribution in [0.15, 0.2) is 18.2 Å². The van der Waals surface area contributed by atoms with E-state index in [0.717, 1.165) is 16.0 Å². The highest BCUT2D eigenvalue weighted by Crippen LogP contribution is 2.33. The van der Waals surface area contributed by atoms with Crippen molar-refractivity contribution < 1.29 is 4.74 Å². The Kier molecular flexibility index (Phi) is 2.67. The number of hydrogen-bond acceptors (Lipinski definition) is 2. The summed E-state index contributed by atoms with van der Waals surface area (Å²) in [6.45, 7) is 0. The number of rotatable bonds is 2. The number of fused-ring (bicyclic) bond motifs is 1. The van der Waals surface area contributed by atoms with Gasteiger partial charge in [-0.2, -0.15) is 0 Å². The van der Waals surface area contributed by atoms with Crippen LogP contribution in [0.25, 0.3) is 11.0 Å². The number of H-pyrrole nitrogens is 1. The lowest BCUT2D eigenvalue weighted by Crippen LogP contribution is -2.04. The van der Waals surface area contributed by atoms with Gasteiger partial charge in [-0.1, -0.05) is 12.8 Å². The van der Waals surface area contributed by atoms with E-state index in [-0.39, 0.29) is 0 Å². The molecule has 1 aliphatic rings. The smallest absolute Gasteiger partial charge is 0.178 e. The van der Waals surface area contributed by atoms with E-state index in [1.165, 1.54) is 31.2 Å². The lowest BCUT2D eigenvalue weighted by Gasteiger charge is -2.12. The molecule has 3 nitrogen and oxygen atoms in total. The van der Waals surface area contributed by atoms with E-state index in [1.807, 2.05) is 12.1 Å². The zero-order valence-electron chi connectivity index (χ0n) is 9.90. The van der Waals surface area contributed by atoms with E-state index >= 15 is 0 Å². The molecule has 1 aromatic heterocycles. The van der Waals surface area contributed by atoms with Crippen molar-refractivity contribution in [3.05, 3.63) is 23.0 Å². The topological polar surface area (TPSA) is 29.9 Å². The Bertz CT molecular complexity index is 593. The van der Waals surface area contributed by atoms with Gasteiger partial charge in [0.05, 0.1) is 18.1 Å². The van der Waals surface area contributed by atoms with Crippen LogP contribution in [-0.2, 0) is 0 Å². The van der Waals surface area contributed by atoms with Gasteiger partial charge < -0.3 is 14.3 Å². The quantitative estimate of drug-likeness (QED) is 0.819. The van der Waals surface area contributed by atoms with Gasteiger partial charge in [-0.3, -0.25) is 0 Å². The molecule has 1 saturated carbocycles. The van der Waals surface area contributed by atoms with Crippen molar-refractivity contribution in [3.8, 4) is 5.75 Å². The molecular weight excluding hydrogens is 232 g/mol. The highest BCUT2D eigenvalue weighted by molar-refractivity contribution is 7.71. The molecule has 1 N–H and O–H groups in total. The third-order valence-corrected chi connectivity index (χ3v) is 3.91. The summed E-state index contributed by atoms with van der Waals surface area (Å²) in [4.78, 5) is 3.28. The number of imidazole rings is 1. The van der Waals surface area contributed by atoms with Crippen LogP contribution in [0, 0.1) is 4.77 Å². The van der Waals surface area contributed by atoms with Gasteiger partial charge in [0.15, 0.2) is 4.77 Å². The zero-order chi connectivity index (χ0) is 11.8. The van der Waals surface area contributed by atoms with Gasteiger partial charge in [-0.15, -0.1) is 0 Å². The fourth-order valence-electron chi connectivity index (χ4n) is 2.76. The van der Waals surface area contributed by atoms with Crippen molar-refractivity contribution >= 4 is 23.3 Å². The number of ether oxygens (including phenoxy) is 1. The number of aromatic amines is 1. The summed E-state index contributed by atoms with van der Waals surface area (Å²) in [5.74, 6) is 0.868. The van der Waals surface area contributed by atoms with Crippen molar-refractivity contribution in [2.24, 2.45) is 0 Å². The standard InChI is InChI=1S/C13H16N2OS/c1-16-10-6-7-12-11(8-10)14-13(17)15(12)9-4-2-3-5-9/h6-9H,2-5H2,1H3,(H,14,17). The molecule has 0 radical (unpaired) electrons. The minimum Gasteiger partial charge on any atom is -0.497 e. The largest absolute Gasteiger partial charge is 0.497 e. The molecule has 90 valence electrons. The third-order valence-electron chi connectivity index (χ3n) is 3.61. The van der Waals surface area contributed by atoms with Gasteiger partial charge in [0.2, 0.25) is 0 Å². The fourth-order valence-corrected chi connectivity index (χ4v) is 3.12. The van der Waals surface area contributed by atoms with E-state index < -0.39 is 0 Å². The maximum Gasteiger partial charge on any atom is 0.178 e. The molecule has 1 aromatic carbocycles. The minimum absolute atomic E-state index is 0.574. The van der Waals surface area contributed by atoms with Gasteiger partial charge >= 0.3 is 0 Å². The van der Waals surface area contributed by atoms with Crippen molar-refractivity contribution in [1.82, 2.24) is 9.55 Å². The summed E-state index contributed by atoms with van der Waals surface area (Å²) in [6, 6.07) is 6.68. The molecule has 0 aliphatic heterocycles. The number of aromatic nitrogens is 2. The summed E-state index contributed by atoms with van der Waals surface area (Å²) in [5, 5.41) is 0. The SMILES string of the molecule is COc1ccc2c(c1)[nH]c(=S)n2C1CCCC1. The summed E-state index contributed by atoms with van der Waals surface area (Å²) in [6.07, 6.45) is 5.12. The predicted molar refractivity (Wildman–Crippen MR) is 71.2 cm³/mol. The highest BCUT2D eigenvalue weighted by atomic mass is 32.1. The summed E-state index contributed by atoms with van der Waals surface area (Å²) < 4.78 is 8.34. The van der Waals surface area contributed by atoms with Gasteiger partial charge in [-0.05, 0) is 37.2 Å². The summed E-state index contributed by atoms with van der Waals surface area (Å²) in [7, 11) is 1.68. The maximum absolute atomic E-state index is 5.44. The first-order valence-electron chi connectivity index (χ1n) is 6.08. The summed E-state index contributed by atoms with van der Waals surface area (Å²) in [5.41, 5.74) is 2.27. The van der Waals surface area contributed by atoms with Crippen molar-refractivity contribution in [3.63, 3.8) is 0 Å². The zero-order valence-corrected chi connectivity index (χ0v) is 10.7. The summed E-state index contributed by atoms with van der Waals surface area (Å²) >= 11 is 5.44. The lowest BCUT2D eigenvalue weighted by molar-refractivity contribution is 0.415. The molecule has 1 heterocycles. The first kappa shape index (κ1) is 10.8. The molecule has 1 aliphatic carbocycles.